The van der Waals surface area contributed by atoms with Crippen molar-refractivity contribution < 1.29 is 9.13 Å². The first-order valence-electron chi connectivity index (χ1n) is 6.98. The minimum Gasteiger partial charge on any atom is -0.485 e. The van der Waals surface area contributed by atoms with Crippen molar-refractivity contribution in [1.29, 1.82) is 0 Å². The van der Waals surface area contributed by atoms with Crippen LogP contribution in [0.5, 0.6) is 5.75 Å². The van der Waals surface area contributed by atoms with Gasteiger partial charge in [0.25, 0.3) is 0 Å². The number of rotatable bonds is 2. The monoisotopic (exact) mass is 305 g/mol. The summed E-state index contributed by atoms with van der Waals surface area (Å²) in [4.78, 5) is 0. The first kappa shape index (κ1) is 14.4. The van der Waals surface area contributed by atoms with E-state index in [0.717, 1.165) is 11.3 Å². The van der Waals surface area contributed by atoms with E-state index in [4.69, 9.17) is 16.3 Å². The SMILES string of the molecule is CNC1CC(c2c(F)cccc2Cl)Oc2ccc(C)cc21. The highest BCUT2D eigenvalue weighted by Crippen LogP contribution is 2.43. The van der Waals surface area contributed by atoms with E-state index < -0.39 is 0 Å². The van der Waals surface area contributed by atoms with E-state index >= 15 is 0 Å². The molecule has 0 saturated carbocycles. The number of hydrogen-bond acceptors (Lipinski definition) is 2. The van der Waals surface area contributed by atoms with Crippen molar-refractivity contribution >= 4 is 11.6 Å². The number of benzene rings is 2. The molecule has 0 aromatic heterocycles. The number of ether oxygens (including phenoxy) is 1. The third kappa shape index (κ3) is 2.63. The Morgan fingerprint density at radius 1 is 1.29 bits per heavy atom. The lowest BCUT2D eigenvalue weighted by molar-refractivity contribution is 0.150. The molecule has 2 aromatic rings. The Bertz CT molecular complexity index is 654. The largest absolute Gasteiger partial charge is 0.485 e. The number of nitrogens with one attached hydrogen (secondary N) is 1. The average molecular weight is 306 g/mol. The summed E-state index contributed by atoms with van der Waals surface area (Å²) in [5.74, 6) is 0.466. The molecule has 21 heavy (non-hydrogen) atoms. The minimum atomic E-state index is -0.383. The molecule has 1 aliphatic heterocycles. The zero-order valence-electron chi connectivity index (χ0n) is 12.0. The van der Waals surface area contributed by atoms with Crippen molar-refractivity contribution in [2.75, 3.05) is 7.05 Å². The Labute approximate surface area is 128 Å². The van der Waals surface area contributed by atoms with E-state index in [1.807, 2.05) is 26.1 Å². The van der Waals surface area contributed by atoms with Crippen molar-refractivity contribution in [3.8, 4) is 5.75 Å². The van der Waals surface area contributed by atoms with Crippen LogP contribution >= 0.6 is 11.6 Å². The molecule has 0 radical (unpaired) electrons. The highest BCUT2D eigenvalue weighted by Gasteiger charge is 2.31. The van der Waals surface area contributed by atoms with Crippen LogP contribution in [0.3, 0.4) is 0 Å². The first-order valence-corrected chi connectivity index (χ1v) is 7.36. The van der Waals surface area contributed by atoms with Gasteiger partial charge in [0.05, 0.1) is 5.02 Å². The van der Waals surface area contributed by atoms with Gasteiger partial charge in [-0.1, -0.05) is 35.4 Å². The van der Waals surface area contributed by atoms with Gasteiger partial charge in [-0.05, 0) is 32.2 Å². The Kier molecular flexibility index (Phi) is 3.87. The van der Waals surface area contributed by atoms with Gasteiger partial charge in [0, 0.05) is 23.6 Å². The summed E-state index contributed by atoms with van der Waals surface area (Å²) in [5, 5.41) is 3.69. The zero-order chi connectivity index (χ0) is 15.0. The Hall–Kier alpha value is -1.58. The van der Waals surface area contributed by atoms with E-state index in [0.29, 0.717) is 17.0 Å². The van der Waals surface area contributed by atoms with E-state index in [9.17, 15) is 4.39 Å². The standard InChI is InChI=1S/C17H17ClFNO/c1-10-6-7-15-11(8-10)14(20-2)9-16(21-15)17-12(18)4-3-5-13(17)19/h3-8,14,16,20H,9H2,1-2H3. The molecule has 0 bridgehead atoms. The van der Waals surface area contributed by atoms with Gasteiger partial charge >= 0.3 is 0 Å². The maximum absolute atomic E-state index is 14.1. The molecule has 0 fully saturated rings. The summed E-state index contributed by atoms with van der Waals surface area (Å²) in [5.41, 5.74) is 2.73. The van der Waals surface area contributed by atoms with Gasteiger partial charge in [-0.2, -0.15) is 0 Å². The molecule has 1 N–H and O–H groups in total. The molecule has 2 aromatic carbocycles. The van der Waals surface area contributed by atoms with Crippen LogP contribution in [-0.4, -0.2) is 7.05 Å². The quantitative estimate of drug-likeness (QED) is 0.877. The van der Waals surface area contributed by atoms with Crippen LogP contribution in [0, 0.1) is 12.7 Å². The van der Waals surface area contributed by atoms with Crippen molar-refractivity contribution in [2.24, 2.45) is 0 Å². The molecular formula is C17H17ClFNO. The molecule has 2 atom stereocenters. The first-order chi connectivity index (χ1) is 10.1. The van der Waals surface area contributed by atoms with Crippen LogP contribution in [0.15, 0.2) is 36.4 Å². The van der Waals surface area contributed by atoms with Gasteiger partial charge in [0.15, 0.2) is 0 Å². The van der Waals surface area contributed by atoms with Gasteiger partial charge in [0.2, 0.25) is 0 Å². The van der Waals surface area contributed by atoms with E-state index in [1.54, 1.807) is 12.1 Å². The lowest BCUT2D eigenvalue weighted by Gasteiger charge is -2.33. The summed E-state index contributed by atoms with van der Waals surface area (Å²) in [7, 11) is 1.90. The lowest BCUT2D eigenvalue weighted by Crippen LogP contribution is -2.27. The van der Waals surface area contributed by atoms with Crippen LogP contribution in [0.2, 0.25) is 5.02 Å². The molecule has 0 spiro atoms. The molecule has 2 unspecified atom stereocenters. The molecule has 2 nitrogen and oxygen atoms in total. The molecule has 0 saturated heterocycles. The second kappa shape index (κ2) is 5.66. The van der Waals surface area contributed by atoms with E-state index in [-0.39, 0.29) is 18.0 Å². The average Bonchev–Trinajstić information content (AvgIpc) is 2.46. The van der Waals surface area contributed by atoms with Gasteiger partial charge in [-0.15, -0.1) is 0 Å². The molecule has 1 aliphatic rings. The lowest BCUT2D eigenvalue weighted by atomic mass is 9.92. The van der Waals surface area contributed by atoms with Gasteiger partial charge in [-0.3, -0.25) is 0 Å². The van der Waals surface area contributed by atoms with Gasteiger partial charge in [0.1, 0.15) is 17.7 Å². The molecular weight excluding hydrogens is 289 g/mol. The molecule has 3 rings (SSSR count). The molecule has 4 heteroatoms. The van der Waals surface area contributed by atoms with Crippen LogP contribution in [0.1, 0.15) is 35.3 Å². The highest BCUT2D eigenvalue weighted by atomic mass is 35.5. The zero-order valence-corrected chi connectivity index (χ0v) is 12.7. The summed E-state index contributed by atoms with van der Waals surface area (Å²) < 4.78 is 20.1. The molecule has 1 heterocycles. The fraction of sp³-hybridized carbons (Fsp3) is 0.294. The number of aryl methyl sites for hydroxylation is 1. The van der Waals surface area contributed by atoms with Crippen molar-refractivity contribution in [2.45, 2.75) is 25.5 Å². The van der Waals surface area contributed by atoms with Crippen LogP contribution in [0.4, 0.5) is 4.39 Å². The van der Waals surface area contributed by atoms with Crippen molar-refractivity contribution in [1.82, 2.24) is 5.32 Å². The third-order valence-electron chi connectivity index (χ3n) is 3.93. The normalized spacial score (nSPS) is 20.8. The number of fused-ring (bicyclic) bond motifs is 1. The maximum atomic E-state index is 14.1. The van der Waals surface area contributed by atoms with Crippen molar-refractivity contribution in [3.05, 3.63) is 63.9 Å². The van der Waals surface area contributed by atoms with Crippen LogP contribution < -0.4 is 10.1 Å². The van der Waals surface area contributed by atoms with Crippen LogP contribution in [0.25, 0.3) is 0 Å². The van der Waals surface area contributed by atoms with E-state index in [2.05, 4.69) is 11.4 Å². The fourth-order valence-electron chi connectivity index (χ4n) is 2.86. The smallest absolute Gasteiger partial charge is 0.131 e. The number of halogens is 2. The molecule has 0 aliphatic carbocycles. The Morgan fingerprint density at radius 3 is 2.81 bits per heavy atom. The van der Waals surface area contributed by atoms with Crippen LogP contribution in [-0.2, 0) is 0 Å². The highest BCUT2D eigenvalue weighted by molar-refractivity contribution is 6.31. The Morgan fingerprint density at radius 2 is 2.10 bits per heavy atom. The third-order valence-corrected chi connectivity index (χ3v) is 4.26. The minimum absolute atomic E-state index is 0.120. The predicted octanol–water partition coefficient (Wildman–Crippen LogP) is 4.57. The van der Waals surface area contributed by atoms with E-state index in [1.165, 1.54) is 11.6 Å². The fourth-order valence-corrected chi connectivity index (χ4v) is 3.14. The summed E-state index contributed by atoms with van der Waals surface area (Å²) in [6, 6.07) is 10.9. The molecule has 0 amide bonds. The van der Waals surface area contributed by atoms with Gasteiger partial charge < -0.3 is 10.1 Å². The Balaban J connectivity index is 2.03. The van der Waals surface area contributed by atoms with Crippen molar-refractivity contribution in [3.63, 3.8) is 0 Å². The summed E-state index contributed by atoms with van der Waals surface area (Å²) in [6.45, 7) is 2.05. The molecule has 110 valence electrons. The van der Waals surface area contributed by atoms with Gasteiger partial charge in [-0.25, -0.2) is 4.39 Å². The summed E-state index contributed by atoms with van der Waals surface area (Å²) in [6.07, 6.45) is 0.263. The number of hydrogen-bond donors (Lipinski definition) is 1. The summed E-state index contributed by atoms with van der Waals surface area (Å²) >= 11 is 6.17. The topological polar surface area (TPSA) is 21.3 Å². The predicted molar refractivity (Wildman–Crippen MR) is 82.4 cm³/mol. The second-order valence-corrected chi connectivity index (χ2v) is 5.77. The second-order valence-electron chi connectivity index (χ2n) is 5.36. The maximum Gasteiger partial charge on any atom is 0.131 e.